The first-order valence-corrected chi connectivity index (χ1v) is 8.38. The van der Waals surface area contributed by atoms with Crippen LogP contribution in [0.25, 0.3) is 21.5 Å². The second-order valence-corrected chi connectivity index (χ2v) is 6.80. The van der Waals surface area contributed by atoms with Crippen molar-refractivity contribution < 1.29 is 4.74 Å². The Morgan fingerprint density at radius 1 is 0.545 bits per heavy atom. The van der Waals surface area contributed by atoms with Crippen LogP contribution in [0.1, 0.15) is 0 Å². The number of benzene rings is 4. The van der Waals surface area contributed by atoms with Crippen LogP contribution >= 0.6 is 8.58 Å². The van der Waals surface area contributed by atoms with Crippen molar-refractivity contribution in [2.24, 2.45) is 0 Å². The van der Waals surface area contributed by atoms with Crippen LogP contribution in [-0.2, 0) is 0 Å². The number of hydrogen-bond donors (Lipinski definition) is 0. The number of rotatable bonds is 0. The summed E-state index contributed by atoms with van der Waals surface area (Å²) >= 11 is 0. The quantitative estimate of drug-likeness (QED) is 0.376. The second kappa shape index (κ2) is 4.56. The molecule has 0 amide bonds. The van der Waals surface area contributed by atoms with Crippen molar-refractivity contribution in [2.45, 2.75) is 0 Å². The van der Waals surface area contributed by atoms with Gasteiger partial charge < -0.3 is 4.74 Å². The normalized spacial score (nSPS) is 12.7. The maximum Gasteiger partial charge on any atom is 0.135 e. The molecular formula is C20H13OP. The maximum absolute atomic E-state index is 6.20. The lowest BCUT2D eigenvalue weighted by atomic mass is 10.1. The summed E-state index contributed by atoms with van der Waals surface area (Å²) in [6, 6.07) is 25.6. The smallest absolute Gasteiger partial charge is 0.135 e. The third-order valence-corrected chi connectivity index (χ3v) is 5.78. The molecule has 5 rings (SSSR count). The minimum atomic E-state index is 0.626. The summed E-state index contributed by atoms with van der Waals surface area (Å²) in [5, 5.41) is 7.81. The van der Waals surface area contributed by atoms with Gasteiger partial charge in [-0.1, -0.05) is 60.7 Å². The highest BCUT2D eigenvalue weighted by Gasteiger charge is 2.20. The Balaban J connectivity index is 1.80. The number of hydrogen-bond acceptors (Lipinski definition) is 1. The van der Waals surface area contributed by atoms with Crippen molar-refractivity contribution in [2.75, 3.05) is 0 Å². The van der Waals surface area contributed by atoms with E-state index in [0.717, 1.165) is 11.5 Å². The van der Waals surface area contributed by atoms with Crippen LogP contribution < -0.4 is 15.3 Å². The molecule has 1 nitrogen and oxygen atoms in total. The predicted octanol–water partition coefficient (Wildman–Crippen LogP) is 4.73. The summed E-state index contributed by atoms with van der Waals surface area (Å²) in [5.41, 5.74) is 0. The van der Waals surface area contributed by atoms with Gasteiger partial charge in [0.15, 0.2) is 0 Å². The van der Waals surface area contributed by atoms with Crippen molar-refractivity contribution >= 4 is 40.7 Å². The lowest BCUT2D eigenvalue weighted by Crippen LogP contribution is -2.16. The van der Waals surface area contributed by atoms with Crippen LogP contribution in [0, 0.1) is 0 Å². The van der Waals surface area contributed by atoms with Crippen molar-refractivity contribution in [1.29, 1.82) is 0 Å². The van der Waals surface area contributed by atoms with Crippen LogP contribution in [0.4, 0.5) is 0 Å². The Morgan fingerprint density at radius 2 is 1.05 bits per heavy atom. The molecule has 0 fully saturated rings. The van der Waals surface area contributed by atoms with Crippen LogP contribution in [0.5, 0.6) is 11.5 Å². The van der Waals surface area contributed by atoms with E-state index >= 15 is 0 Å². The average molecular weight is 300 g/mol. The Labute approximate surface area is 130 Å². The molecule has 2 heteroatoms. The molecule has 0 spiro atoms. The predicted molar refractivity (Wildman–Crippen MR) is 95.6 cm³/mol. The molecule has 4 aromatic rings. The SMILES string of the molecule is c1ccc2c3c(ccc2c1)Oc1ccc2ccccc2c1P3. The number of ether oxygens (including phenoxy) is 1. The lowest BCUT2D eigenvalue weighted by Gasteiger charge is -2.23. The molecule has 1 aliphatic rings. The van der Waals surface area contributed by atoms with E-state index < -0.39 is 0 Å². The highest BCUT2D eigenvalue weighted by atomic mass is 31.1. The third-order valence-electron chi connectivity index (χ3n) is 4.25. The summed E-state index contributed by atoms with van der Waals surface area (Å²) < 4.78 is 6.20. The summed E-state index contributed by atoms with van der Waals surface area (Å²) in [7, 11) is 0.626. The van der Waals surface area contributed by atoms with Crippen LogP contribution in [0.2, 0.25) is 0 Å². The van der Waals surface area contributed by atoms with Gasteiger partial charge in [-0.15, -0.1) is 0 Å². The molecule has 0 saturated heterocycles. The summed E-state index contributed by atoms with van der Waals surface area (Å²) in [6.45, 7) is 0. The zero-order chi connectivity index (χ0) is 14.5. The summed E-state index contributed by atoms with van der Waals surface area (Å²) in [4.78, 5) is 0. The molecule has 0 bridgehead atoms. The molecule has 0 N–H and O–H groups in total. The van der Waals surface area contributed by atoms with E-state index in [1.54, 1.807) is 0 Å². The van der Waals surface area contributed by atoms with E-state index in [-0.39, 0.29) is 0 Å². The minimum absolute atomic E-state index is 0.626. The molecule has 0 atom stereocenters. The summed E-state index contributed by atoms with van der Waals surface area (Å²) in [5.74, 6) is 2.00. The molecule has 0 radical (unpaired) electrons. The first-order valence-electron chi connectivity index (χ1n) is 7.38. The van der Waals surface area contributed by atoms with Gasteiger partial charge in [-0.2, -0.15) is 0 Å². The van der Waals surface area contributed by atoms with Gasteiger partial charge in [0.25, 0.3) is 0 Å². The van der Waals surface area contributed by atoms with E-state index in [1.165, 1.54) is 32.2 Å². The molecule has 104 valence electrons. The van der Waals surface area contributed by atoms with Gasteiger partial charge in [0, 0.05) is 10.6 Å². The lowest BCUT2D eigenvalue weighted by molar-refractivity contribution is 0.490. The Kier molecular flexibility index (Phi) is 2.53. The standard InChI is InChI=1S/C20H13OP/c1-3-7-15-13(5-1)9-11-17-19(15)22-20-16-8-4-2-6-14(16)10-12-18(20)21-17/h1-12,22H. The fraction of sp³-hybridized carbons (Fsp3) is 0. The van der Waals surface area contributed by atoms with Gasteiger partial charge in [0.1, 0.15) is 11.5 Å². The van der Waals surface area contributed by atoms with Gasteiger partial charge in [-0.25, -0.2) is 0 Å². The zero-order valence-electron chi connectivity index (χ0n) is 11.8. The van der Waals surface area contributed by atoms with Gasteiger partial charge in [-0.05, 0) is 42.3 Å². The van der Waals surface area contributed by atoms with E-state index in [4.69, 9.17) is 4.74 Å². The van der Waals surface area contributed by atoms with E-state index in [1.807, 2.05) is 0 Å². The van der Waals surface area contributed by atoms with Crippen molar-refractivity contribution in [1.82, 2.24) is 0 Å². The second-order valence-electron chi connectivity index (χ2n) is 5.55. The van der Waals surface area contributed by atoms with Gasteiger partial charge >= 0.3 is 0 Å². The van der Waals surface area contributed by atoms with Gasteiger partial charge in [-0.3, -0.25) is 0 Å². The fourth-order valence-electron chi connectivity index (χ4n) is 3.17. The maximum atomic E-state index is 6.20. The largest absolute Gasteiger partial charge is 0.456 e. The molecular weight excluding hydrogens is 287 g/mol. The molecule has 0 aromatic heterocycles. The van der Waals surface area contributed by atoms with Gasteiger partial charge in [0.05, 0.1) is 0 Å². The molecule has 1 heterocycles. The number of fused-ring (bicyclic) bond motifs is 6. The average Bonchev–Trinajstić information content (AvgIpc) is 2.60. The molecule has 0 aliphatic carbocycles. The van der Waals surface area contributed by atoms with Crippen molar-refractivity contribution in [3.8, 4) is 11.5 Å². The highest BCUT2D eigenvalue weighted by molar-refractivity contribution is 7.57. The first-order chi connectivity index (χ1) is 10.9. The van der Waals surface area contributed by atoms with Crippen molar-refractivity contribution in [3.05, 3.63) is 72.8 Å². The van der Waals surface area contributed by atoms with E-state index in [2.05, 4.69) is 72.8 Å². The van der Waals surface area contributed by atoms with Crippen molar-refractivity contribution in [3.63, 3.8) is 0 Å². The molecule has 0 unspecified atom stereocenters. The van der Waals surface area contributed by atoms with Crippen LogP contribution in [0.3, 0.4) is 0 Å². The molecule has 0 saturated carbocycles. The highest BCUT2D eigenvalue weighted by Crippen LogP contribution is 2.38. The topological polar surface area (TPSA) is 9.23 Å². The summed E-state index contributed by atoms with van der Waals surface area (Å²) in [6.07, 6.45) is 0. The van der Waals surface area contributed by atoms with E-state index in [0.29, 0.717) is 8.58 Å². The van der Waals surface area contributed by atoms with E-state index in [9.17, 15) is 0 Å². The Morgan fingerprint density at radius 3 is 1.59 bits per heavy atom. The first kappa shape index (κ1) is 12.2. The molecule has 1 aliphatic heterocycles. The van der Waals surface area contributed by atoms with Crippen LogP contribution in [0.15, 0.2) is 72.8 Å². The minimum Gasteiger partial charge on any atom is -0.456 e. The molecule has 22 heavy (non-hydrogen) atoms. The Bertz CT molecular complexity index is 953. The molecule has 4 aromatic carbocycles. The fourth-order valence-corrected chi connectivity index (χ4v) is 4.66. The van der Waals surface area contributed by atoms with Crippen LogP contribution in [-0.4, -0.2) is 0 Å². The zero-order valence-corrected chi connectivity index (χ0v) is 12.8. The monoisotopic (exact) mass is 300 g/mol. The third kappa shape index (κ3) is 1.70. The van der Waals surface area contributed by atoms with Gasteiger partial charge in [0.2, 0.25) is 0 Å². The Hall–Kier alpha value is -2.37.